The van der Waals surface area contributed by atoms with Crippen molar-refractivity contribution in [1.82, 2.24) is 0 Å². The van der Waals surface area contributed by atoms with Gasteiger partial charge in [0.25, 0.3) is 0 Å². The summed E-state index contributed by atoms with van der Waals surface area (Å²) in [7, 11) is 0. The SMILES string of the molecule is C#CCOc1ccccc1CNc1cc(C)cc(C)c1. The van der Waals surface area contributed by atoms with Gasteiger partial charge in [0.1, 0.15) is 12.4 Å². The molecule has 2 aromatic carbocycles. The molecule has 0 unspecified atom stereocenters. The Balaban J connectivity index is 2.08. The van der Waals surface area contributed by atoms with E-state index in [1.54, 1.807) is 0 Å². The molecular weight excluding hydrogens is 246 g/mol. The standard InChI is InChI=1S/C18H19NO/c1-4-9-20-18-8-6-5-7-16(18)13-19-17-11-14(2)10-15(3)12-17/h1,5-8,10-12,19H,9,13H2,2-3H3. The molecule has 0 aromatic heterocycles. The normalized spacial score (nSPS) is 9.85. The fourth-order valence-electron chi connectivity index (χ4n) is 2.18. The number of ether oxygens (including phenoxy) is 1. The van der Waals surface area contributed by atoms with Crippen LogP contribution < -0.4 is 10.1 Å². The number of terminal acetylenes is 1. The van der Waals surface area contributed by atoms with E-state index in [0.29, 0.717) is 13.2 Å². The molecule has 0 spiro atoms. The van der Waals surface area contributed by atoms with Crippen molar-refractivity contribution in [3.8, 4) is 18.1 Å². The predicted molar refractivity (Wildman–Crippen MR) is 84.0 cm³/mol. The van der Waals surface area contributed by atoms with E-state index < -0.39 is 0 Å². The minimum atomic E-state index is 0.292. The minimum Gasteiger partial charge on any atom is -0.481 e. The highest BCUT2D eigenvalue weighted by atomic mass is 16.5. The molecule has 2 aromatic rings. The molecular formula is C18H19NO. The first kappa shape index (κ1) is 14.0. The van der Waals surface area contributed by atoms with Crippen molar-refractivity contribution < 1.29 is 4.74 Å². The summed E-state index contributed by atoms with van der Waals surface area (Å²) in [6.07, 6.45) is 5.23. The number of rotatable bonds is 5. The molecule has 0 atom stereocenters. The van der Waals surface area contributed by atoms with Gasteiger partial charge >= 0.3 is 0 Å². The van der Waals surface area contributed by atoms with Crippen molar-refractivity contribution in [1.29, 1.82) is 0 Å². The second-order valence-corrected chi connectivity index (χ2v) is 4.83. The smallest absolute Gasteiger partial charge is 0.148 e. The second-order valence-electron chi connectivity index (χ2n) is 4.83. The molecule has 0 bridgehead atoms. The van der Waals surface area contributed by atoms with Crippen LogP contribution in [-0.4, -0.2) is 6.61 Å². The average molecular weight is 265 g/mol. The third kappa shape index (κ3) is 3.80. The maximum Gasteiger partial charge on any atom is 0.148 e. The lowest BCUT2D eigenvalue weighted by atomic mass is 10.1. The number of aryl methyl sites for hydroxylation is 2. The lowest BCUT2D eigenvalue weighted by Crippen LogP contribution is -2.04. The van der Waals surface area contributed by atoms with E-state index in [4.69, 9.17) is 11.2 Å². The topological polar surface area (TPSA) is 21.3 Å². The average Bonchev–Trinajstić information content (AvgIpc) is 2.43. The summed E-state index contributed by atoms with van der Waals surface area (Å²) in [6.45, 7) is 5.20. The fraction of sp³-hybridized carbons (Fsp3) is 0.222. The second kappa shape index (κ2) is 6.68. The molecule has 0 amide bonds. The quantitative estimate of drug-likeness (QED) is 0.827. The maximum absolute atomic E-state index is 5.55. The van der Waals surface area contributed by atoms with Crippen LogP contribution in [0.2, 0.25) is 0 Å². The number of benzene rings is 2. The van der Waals surface area contributed by atoms with Crippen LogP contribution >= 0.6 is 0 Å². The first-order valence-electron chi connectivity index (χ1n) is 6.65. The van der Waals surface area contributed by atoms with E-state index in [0.717, 1.165) is 17.0 Å². The molecule has 20 heavy (non-hydrogen) atoms. The Morgan fingerprint density at radius 3 is 2.50 bits per heavy atom. The molecule has 0 aliphatic carbocycles. The van der Waals surface area contributed by atoms with Crippen LogP contribution in [0, 0.1) is 26.2 Å². The third-order valence-electron chi connectivity index (χ3n) is 2.99. The van der Waals surface area contributed by atoms with Crippen molar-refractivity contribution in [3.05, 3.63) is 59.2 Å². The molecule has 2 heteroatoms. The van der Waals surface area contributed by atoms with E-state index in [2.05, 4.69) is 43.3 Å². The fourth-order valence-corrected chi connectivity index (χ4v) is 2.18. The Hall–Kier alpha value is -2.40. The molecule has 0 radical (unpaired) electrons. The molecule has 0 aliphatic heterocycles. The van der Waals surface area contributed by atoms with E-state index >= 15 is 0 Å². The number of anilines is 1. The van der Waals surface area contributed by atoms with Gasteiger partial charge in [-0.15, -0.1) is 6.42 Å². The Morgan fingerprint density at radius 1 is 1.10 bits per heavy atom. The van der Waals surface area contributed by atoms with Crippen molar-refractivity contribution in [3.63, 3.8) is 0 Å². The largest absolute Gasteiger partial charge is 0.481 e. The first-order valence-corrected chi connectivity index (χ1v) is 6.65. The molecule has 2 rings (SSSR count). The molecule has 0 aliphatic rings. The molecule has 102 valence electrons. The van der Waals surface area contributed by atoms with Crippen molar-refractivity contribution in [2.45, 2.75) is 20.4 Å². The molecule has 0 heterocycles. The van der Waals surface area contributed by atoms with Crippen LogP contribution in [0.25, 0.3) is 0 Å². The maximum atomic E-state index is 5.55. The molecule has 1 N–H and O–H groups in total. The number of hydrogen-bond donors (Lipinski definition) is 1. The first-order chi connectivity index (χ1) is 9.69. The van der Waals surface area contributed by atoms with E-state index in [1.807, 2.05) is 24.3 Å². The van der Waals surface area contributed by atoms with Crippen LogP contribution in [0.3, 0.4) is 0 Å². The molecule has 0 saturated heterocycles. The highest BCUT2D eigenvalue weighted by molar-refractivity contribution is 5.49. The van der Waals surface area contributed by atoms with E-state index in [-0.39, 0.29) is 0 Å². The minimum absolute atomic E-state index is 0.292. The number of nitrogens with one attached hydrogen (secondary N) is 1. The predicted octanol–water partition coefficient (Wildman–Crippen LogP) is 3.93. The lowest BCUT2D eigenvalue weighted by molar-refractivity contribution is 0.366. The van der Waals surface area contributed by atoms with Crippen molar-refractivity contribution >= 4 is 5.69 Å². The van der Waals surface area contributed by atoms with Crippen LogP contribution in [0.5, 0.6) is 5.75 Å². The number of para-hydroxylation sites is 1. The number of hydrogen-bond acceptors (Lipinski definition) is 2. The lowest BCUT2D eigenvalue weighted by Gasteiger charge is -2.12. The molecule has 0 fully saturated rings. The summed E-state index contributed by atoms with van der Waals surface area (Å²) in [5.74, 6) is 3.32. The van der Waals surface area contributed by atoms with Gasteiger partial charge in [-0.05, 0) is 43.2 Å². The summed E-state index contributed by atoms with van der Waals surface area (Å²) >= 11 is 0. The zero-order valence-corrected chi connectivity index (χ0v) is 11.9. The van der Waals surface area contributed by atoms with Crippen LogP contribution in [0.4, 0.5) is 5.69 Å². The Morgan fingerprint density at radius 2 is 1.80 bits per heavy atom. The van der Waals surface area contributed by atoms with Gasteiger partial charge in [0.2, 0.25) is 0 Å². The van der Waals surface area contributed by atoms with Crippen molar-refractivity contribution in [2.75, 3.05) is 11.9 Å². The summed E-state index contributed by atoms with van der Waals surface area (Å²) in [5, 5.41) is 3.43. The Kier molecular flexibility index (Phi) is 4.68. The van der Waals surface area contributed by atoms with E-state index in [9.17, 15) is 0 Å². The van der Waals surface area contributed by atoms with Gasteiger partial charge in [0.15, 0.2) is 0 Å². The van der Waals surface area contributed by atoms with Crippen LogP contribution in [-0.2, 0) is 6.54 Å². The highest BCUT2D eigenvalue weighted by Gasteiger charge is 2.03. The summed E-state index contributed by atoms with van der Waals surface area (Å²) in [5.41, 5.74) is 4.73. The van der Waals surface area contributed by atoms with Gasteiger partial charge in [-0.2, -0.15) is 0 Å². The van der Waals surface area contributed by atoms with Crippen LogP contribution in [0.1, 0.15) is 16.7 Å². The van der Waals surface area contributed by atoms with Gasteiger partial charge in [-0.3, -0.25) is 0 Å². The Bertz CT molecular complexity index is 605. The van der Waals surface area contributed by atoms with Gasteiger partial charge in [-0.1, -0.05) is 30.2 Å². The zero-order chi connectivity index (χ0) is 14.4. The van der Waals surface area contributed by atoms with Gasteiger partial charge < -0.3 is 10.1 Å². The Labute approximate surface area is 120 Å². The summed E-state index contributed by atoms with van der Waals surface area (Å²) < 4.78 is 5.55. The monoisotopic (exact) mass is 265 g/mol. The van der Waals surface area contributed by atoms with E-state index in [1.165, 1.54) is 11.1 Å². The third-order valence-corrected chi connectivity index (χ3v) is 2.99. The van der Waals surface area contributed by atoms with Crippen molar-refractivity contribution in [2.24, 2.45) is 0 Å². The van der Waals surface area contributed by atoms with Crippen LogP contribution in [0.15, 0.2) is 42.5 Å². The van der Waals surface area contributed by atoms with Gasteiger partial charge in [-0.25, -0.2) is 0 Å². The summed E-state index contributed by atoms with van der Waals surface area (Å²) in [4.78, 5) is 0. The summed E-state index contributed by atoms with van der Waals surface area (Å²) in [6, 6.07) is 14.4. The van der Waals surface area contributed by atoms with Gasteiger partial charge in [0.05, 0.1) is 0 Å². The molecule has 2 nitrogen and oxygen atoms in total. The molecule has 0 saturated carbocycles. The van der Waals surface area contributed by atoms with Gasteiger partial charge in [0, 0.05) is 17.8 Å². The highest BCUT2D eigenvalue weighted by Crippen LogP contribution is 2.20. The zero-order valence-electron chi connectivity index (χ0n) is 11.9.